The summed E-state index contributed by atoms with van der Waals surface area (Å²) in [6.07, 6.45) is 3.97. The van der Waals surface area contributed by atoms with E-state index >= 15 is 0 Å². The van der Waals surface area contributed by atoms with Crippen molar-refractivity contribution in [3.05, 3.63) is 196 Å². The maximum Gasteiger partial charge on any atom is 0.273 e. The molecule has 22 heteroatoms. The summed E-state index contributed by atoms with van der Waals surface area (Å²) in [4.78, 5) is 157. The minimum Gasteiger partial charge on any atom is -0.299 e. The first-order valence-corrected chi connectivity index (χ1v) is 28.2. The number of Topliss-reactive ketones (excluding diaryl/α,β-unsaturated/α-hetero) is 10. The third-order valence-electron chi connectivity index (χ3n) is 17.6. The number of benzene rings is 5. The van der Waals surface area contributed by atoms with Crippen LogP contribution in [-0.4, -0.2) is 77.5 Å². The molecule has 0 amide bonds. The van der Waals surface area contributed by atoms with E-state index in [2.05, 4.69) is 0 Å². The first-order chi connectivity index (χ1) is 40.9. The molecule has 5 unspecified atom stereocenters. The number of hydrogen-bond acceptors (Lipinski definition) is 18. The van der Waals surface area contributed by atoms with E-state index in [0.717, 1.165) is 16.7 Å². The van der Waals surface area contributed by atoms with Gasteiger partial charge in [-0.2, -0.15) is 0 Å². The Hall–Kier alpha value is -9.60. The number of non-ortho nitro benzene ring substituents is 2. The number of para-hydroxylation sites is 2. The molecule has 5 aliphatic rings. The van der Waals surface area contributed by atoms with E-state index in [4.69, 9.17) is 0 Å². The molecule has 0 spiro atoms. The fourth-order valence-electron chi connectivity index (χ4n) is 11.3. The summed E-state index contributed by atoms with van der Waals surface area (Å²) in [6.45, 7) is 8.90. The Kier molecular flexibility index (Phi) is 21.1. The molecule has 5 aliphatic carbocycles. The lowest BCUT2D eigenvalue weighted by molar-refractivity contribution is -0.386. The monoisotopic (exact) mass is 1190 g/mol. The normalized spacial score (nSPS) is 24.5. The van der Waals surface area contributed by atoms with Crippen molar-refractivity contribution in [3.63, 3.8) is 0 Å². The molecule has 0 aromatic heterocycles. The van der Waals surface area contributed by atoms with Crippen molar-refractivity contribution in [1.82, 2.24) is 0 Å². The maximum atomic E-state index is 12.1. The van der Waals surface area contributed by atoms with Gasteiger partial charge in [-0.3, -0.25) is 88.4 Å². The molecule has 22 nitrogen and oxygen atoms in total. The largest absolute Gasteiger partial charge is 0.299 e. The summed E-state index contributed by atoms with van der Waals surface area (Å²) in [5, 5.41) is 43.1. The van der Waals surface area contributed by atoms with Gasteiger partial charge in [0.25, 0.3) is 22.7 Å². The Morgan fingerprint density at radius 2 is 0.517 bits per heavy atom. The van der Waals surface area contributed by atoms with Gasteiger partial charge >= 0.3 is 0 Å². The van der Waals surface area contributed by atoms with Crippen LogP contribution in [0.15, 0.2) is 127 Å². The van der Waals surface area contributed by atoms with Crippen molar-refractivity contribution in [2.24, 2.45) is 0 Å². The molecular formula is C65H66N4O18. The molecule has 5 atom stereocenters. The average molecular weight is 1190 g/mol. The summed E-state index contributed by atoms with van der Waals surface area (Å²) in [5.74, 6) is -0.759. The Labute approximate surface area is 500 Å². The van der Waals surface area contributed by atoms with Gasteiger partial charge in [-0.25, -0.2) is 0 Å². The van der Waals surface area contributed by atoms with E-state index in [-0.39, 0.29) is 113 Å². The van der Waals surface area contributed by atoms with Crippen molar-refractivity contribution in [2.75, 3.05) is 0 Å². The number of hydrogen-bond donors (Lipinski definition) is 0. The highest BCUT2D eigenvalue weighted by Crippen LogP contribution is 2.42. The highest BCUT2D eigenvalue weighted by Gasteiger charge is 2.46. The lowest BCUT2D eigenvalue weighted by atomic mass is 9.69. The molecule has 5 saturated carbocycles. The van der Waals surface area contributed by atoms with Crippen LogP contribution in [0.3, 0.4) is 0 Å². The van der Waals surface area contributed by atoms with Gasteiger partial charge in [0.05, 0.1) is 78.9 Å². The molecule has 0 saturated heterocycles. The molecule has 0 heterocycles. The van der Waals surface area contributed by atoms with Crippen LogP contribution in [0.2, 0.25) is 0 Å². The van der Waals surface area contributed by atoms with Gasteiger partial charge < -0.3 is 0 Å². The van der Waals surface area contributed by atoms with Crippen molar-refractivity contribution >= 4 is 80.6 Å². The van der Waals surface area contributed by atoms with Crippen LogP contribution in [0.25, 0.3) is 0 Å². The average Bonchev–Trinajstić information content (AvgIpc) is 1.11. The summed E-state index contributed by atoms with van der Waals surface area (Å²) >= 11 is 0. The highest BCUT2D eigenvalue weighted by molar-refractivity contribution is 6.09. The Morgan fingerprint density at radius 1 is 0.287 bits per heavy atom. The number of nitrogens with zero attached hydrogens (tertiary/aromatic N) is 4. The van der Waals surface area contributed by atoms with Gasteiger partial charge in [0.2, 0.25) is 0 Å². The second-order valence-corrected chi connectivity index (χ2v) is 23.4. The molecule has 87 heavy (non-hydrogen) atoms. The zero-order valence-corrected chi connectivity index (χ0v) is 48.9. The fourth-order valence-corrected chi connectivity index (χ4v) is 11.3. The number of ketones is 10. The van der Waals surface area contributed by atoms with Crippen molar-refractivity contribution in [2.45, 2.75) is 158 Å². The predicted octanol–water partition coefficient (Wildman–Crippen LogP) is 11.0. The minimum absolute atomic E-state index is 0.00156. The molecule has 0 aliphatic heterocycles. The fraction of sp³-hybridized carbons (Fsp3) is 0.385. The molecule has 5 aromatic carbocycles. The molecule has 5 aromatic rings. The third kappa shape index (κ3) is 15.3. The molecule has 454 valence electrons. The topological polar surface area (TPSA) is 343 Å². The van der Waals surface area contributed by atoms with E-state index < -0.39 is 46.8 Å². The van der Waals surface area contributed by atoms with Gasteiger partial charge in [-0.05, 0) is 83.4 Å². The first-order valence-electron chi connectivity index (χ1n) is 28.2. The third-order valence-corrected chi connectivity index (χ3v) is 17.6. The Morgan fingerprint density at radius 3 is 0.759 bits per heavy atom. The van der Waals surface area contributed by atoms with Gasteiger partial charge in [0.1, 0.15) is 46.3 Å². The van der Waals surface area contributed by atoms with E-state index in [1.807, 2.05) is 37.3 Å². The number of carbonyl (C=O) groups excluding carboxylic acids is 10. The van der Waals surface area contributed by atoms with Gasteiger partial charge in [0, 0.05) is 79.6 Å². The number of nitro benzene ring substituents is 4. The van der Waals surface area contributed by atoms with E-state index in [9.17, 15) is 88.4 Å². The summed E-state index contributed by atoms with van der Waals surface area (Å²) in [5.41, 5.74) is -0.441. The lowest BCUT2D eigenvalue weighted by Gasteiger charge is -2.31. The van der Waals surface area contributed by atoms with Crippen molar-refractivity contribution < 1.29 is 67.6 Å². The van der Waals surface area contributed by atoms with E-state index in [1.54, 1.807) is 88.4 Å². The zero-order chi connectivity index (χ0) is 64.2. The summed E-state index contributed by atoms with van der Waals surface area (Å²) < 4.78 is 0. The molecule has 0 N–H and O–H groups in total. The Bertz CT molecular complexity index is 3400. The number of nitro groups is 4. The SMILES string of the molecule is CC1(c2ccc([N+](=O)[O-])cc2)CCC(=O)CC1=O.CC1(c2ccc([N+](=O)[O-])cc2)CCC(=O)CC1=O.CC1(c2ccccc2)CCC(=O)CC1=O.CC1(c2ccccc2[N+](=O)[O-])CCC(=O)CC1=O.CC1(c2ccccc2[N+](=O)[O-])CCC(=O)CC1=O. The standard InChI is InChI=1S/4C13H13NO4.C13H14O2/c2*1-13(7-6-11(15)8-12(13)16)9-2-4-10(5-3-9)14(17)18;2*1-13(7-6-9(15)8-12(13)16)10-4-2-3-5-11(10)14(17)18;1-13(10-5-3-2-4-6-10)8-7-11(14)9-12(13)15/h4*2-5H,6-8H2,1H3;2-6H,7-9H2,1H3. The maximum absolute atomic E-state index is 12.1. The lowest BCUT2D eigenvalue weighted by Crippen LogP contribution is -2.39. The molecule has 0 bridgehead atoms. The van der Waals surface area contributed by atoms with Crippen LogP contribution in [0.5, 0.6) is 0 Å². The van der Waals surface area contributed by atoms with E-state index in [1.165, 1.54) is 36.4 Å². The second kappa shape index (κ2) is 27.6. The van der Waals surface area contributed by atoms with Crippen LogP contribution in [0, 0.1) is 40.5 Å². The van der Waals surface area contributed by atoms with Crippen LogP contribution < -0.4 is 0 Å². The summed E-state index contributed by atoms with van der Waals surface area (Å²) in [7, 11) is 0. The van der Waals surface area contributed by atoms with Gasteiger partial charge in [0.15, 0.2) is 11.6 Å². The molecule has 0 radical (unpaired) electrons. The second-order valence-electron chi connectivity index (χ2n) is 23.4. The molecule has 5 fully saturated rings. The van der Waals surface area contributed by atoms with Crippen LogP contribution in [-0.2, 0) is 75.0 Å². The molecule has 10 rings (SSSR count). The highest BCUT2D eigenvalue weighted by atomic mass is 16.6. The molecular weight excluding hydrogens is 1120 g/mol. The first kappa shape index (κ1) is 66.5. The number of rotatable bonds is 9. The quantitative estimate of drug-likeness (QED) is 0.0751. The van der Waals surface area contributed by atoms with Crippen molar-refractivity contribution in [1.29, 1.82) is 0 Å². The van der Waals surface area contributed by atoms with Gasteiger partial charge in [-0.1, -0.05) is 91.0 Å². The van der Waals surface area contributed by atoms with Crippen molar-refractivity contribution in [3.8, 4) is 0 Å². The van der Waals surface area contributed by atoms with Gasteiger partial charge in [-0.15, -0.1) is 0 Å². The summed E-state index contributed by atoms with van der Waals surface area (Å²) in [6, 6.07) is 34.2. The smallest absolute Gasteiger partial charge is 0.273 e. The van der Waals surface area contributed by atoms with Crippen LogP contribution in [0.1, 0.15) is 159 Å². The van der Waals surface area contributed by atoms with Crippen LogP contribution >= 0.6 is 0 Å². The van der Waals surface area contributed by atoms with Crippen LogP contribution in [0.4, 0.5) is 22.7 Å². The van der Waals surface area contributed by atoms with E-state index in [0.29, 0.717) is 75.3 Å². The number of carbonyl (C=O) groups is 10. The predicted molar refractivity (Wildman–Crippen MR) is 315 cm³/mol. The Balaban J connectivity index is 0.000000174. The minimum atomic E-state index is -0.919. The zero-order valence-electron chi connectivity index (χ0n) is 48.9.